The standard InChI is InChI=1S/C15H20N4O/c1-19(11-6-8-16-9-7-11)10-14-17-13-5-3-2-4-12(13)15(20)18-14/h2-5,11,16H,6-10H2,1H3,(H,17,18,20). The van der Waals surface area contributed by atoms with Crippen molar-refractivity contribution in [2.24, 2.45) is 0 Å². The molecule has 2 aromatic rings. The second kappa shape index (κ2) is 5.73. The number of hydrogen-bond acceptors (Lipinski definition) is 4. The van der Waals surface area contributed by atoms with Crippen LogP contribution < -0.4 is 10.9 Å². The zero-order valence-corrected chi connectivity index (χ0v) is 11.7. The number of hydrogen-bond donors (Lipinski definition) is 2. The molecule has 0 amide bonds. The molecule has 0 aliphatic carbocycles. The topological polar surface area (TPSA) is 61.0 Å². The van der Waals surface area contributed by atoms with E-state index in [4.69, 9.17) is 0 Å². The highest BCUT2D eigenvalue weighted by molar-refractivity contribution is 5.77. The number of rotatable bonds is 3. The summed E-state index contributed by atoms with van der Waals surface area (Å²) in [7, 11) is 2.10. The van der Waals surface area contributed by atoms with Crippen molar-refractivity contribution in [1.82, 2.24) is 20.2 Å². The molecule has 0 saturated carbocycles. The number of benzene rings is 1. The summed E-state index contributed by atoms with van der Waals surface area (Å²) in [5, 5.41) is 4.02. The second-order valence-electron chi connectivity index (χ2n) is 5.43. The number of aromatic amines is 1. The lowest BCUT2D eigenvalue weighted by atomic mass is 10.1. The molecular formula is C15H20N4O. The highest BCUT2D eigenvalue weighted by Gasteiger charge is 2.18. The summed E-state index contributed by atoms with van der Waals surface area (Å²) in [5.74, 6) is 0.745. The van der Waals surface area contributed by atoms with Gasteiger partial charge < -0.3 is 10.3 Å². The van der Waals surface area contributed by atoms with Crippen molar-refractivity contribution >= 4 is 10.9 Å². The molecule has 0 atom stereocenters. The average Bonchev–Trinajstić information content (AvgIpc) is 2.48. The molecule has 0 unspecified atom stereocenters. The first-order chi connectivity index (χ1) is 9.74. The minimum atomic E-state index is -0.0516. The third-order valence-electron chi connectivity index (χ3n) is 3.99. The normalized spacial score (nSPS) is 16.9. The lowest BCUT2D eigenvalue weighted by molar-refractivity contribution is 0.188. The molecule has 5 nitrogen and oxygen atoms in total. The molecule has 0 spiro atoms. The van der Waals surface area contributed by atoms with Gasteiger partial charge in [0.05, 0.1) is 17.4 Å². The first kappa shape index (κ1) is 13.3. The third kappa shape index (κ3) is 2.73. The van der Waals surface area contributed by atoms with Gasteiger partial charge in [0.15, 0.2) is 0 Å². The lowest BCUT2D eigenvalue weighted by Crippen LogP contribution is -2.41. The SMILES string of the molecule is CN(Cc1nc2ccccc2c(=O)[nH]1)C1CCNCC1. The van der Waals surface area contributed by atoms with Crippen LogP contribution in [0.15, 0.2) is 29.1 Å². The van der Waals surface area contributed by atoms with E-state index in [9.17, 15) is 4.79 Å². The molecule has 1 aromatic carbocycles. The van der Waals surface area contributed by atoms with E-state index < -0.39 is 0 Å². The highest BCUT2D eigenvalue weighted by atomic mass is 16.1. The van der Waals surface area contributed by atoms with Crippen LogP contribution in [-0.4, -0.2) is 41.0 Å². The van der Waals surface area contributed by atoms with Crippen molar-refractivity contribution < 1.29 is 0 Å². The zero-order valence-electron chi connectivity index (χ0n) is 11.7. The van der Waals surface area contributed by atoms with Crippen LogP contribution >= 0.6 is 0 Å². The monoisotopic (exact) mass is 272 g/mol. The molecular weight excluding hydrogens is 252 g/mol. The number of nitrogens with zero attached hydrogens (tertiary/aromatic N) is 2. The van der Waals surface area contributed by atoms with Crippen molar-refractivity contribution in [3.05, 3.63) is 40.4 Å². The summed E-state index contributed by atoms with van der Waals surface area (Å²) < 4.78 is 0. The van der Waals surface area contributed by atoms with Crippen molar-refractivity contribution in [2.45, 2.75) is 25.4 Å². The smallest absolute Gasteiger partial charge is 0.258 e. The Balaban J connectivity index is 1.81. The fraction of sp³-hybridized carbons (Fsp3) is 0.467. The van der Waals surface area contributed by atoms with Crippen molar-refractivity contribution in [1.29, 1.82) is 0 Å². The van der Waals surface area contributed by atoms with E-state index >= 15 is 0 Å². The fourth-order valence-electron chi connectivity index (χ4n) is 2.82. The van der Waals surface area contributed by atoms with Gasteiger partial charge >= 0.3 is 0 Å². The number of piperidine rings is 1. The lowest BCUT2D eigenvalue weighted by Gasteiger charge is -2.31. The molecule has 3 rings (SSSR count). The van der Waals surface area contributed by atoms with Gasteiger partial charge in [-0.05, 0) is 45.1 Å². The molecule has 0 radical (unpaired) electrons. The maximum atomic E-state index is 12.0. The summed E-state index contributed by atoms with van der Waals surface area (Å²) in [6.45, 7) is 2.82. The first-order valence-corrected chi connectivity index (χ1v) is 7.13. The number of H-pyrrole nitrogens is 1. The van der Waals surface area contributed by atoms with Crippen LogP contribution in [0.1, 0.15) is 18.7 Å². The number of fused-ring (bicyclic) bond motifs is 1. The molecule has 0 bridgehead atoms. The Morgan fingerprint density at radius 1 is 1.30 bits per heavy atom. The van der Waals surface area contributed by atoms with Crippen LogP contribution in [0.5, 0.6) is 0 Å². The van der Waals surface area contributed by atoms with Gasteiger partial charge in [-0.3, -0.25) is 9.69 Å². The first-order valence-electron chi connectivity index (χ1n) is 7.13. The van der Waals surface area contributed by atoms with Gasteiger partial charge in [-0.15, -0.1) is 0 Å². The van der Waals surface area contributed by atoms with E-state index in [2.05, 4.69) is 27.2 Å². The molecule has 1 aromatic heterocycles. The molecule has 1 saturated heterocycles. The van der Waals surface area contributed by atoms with Crippen molar-refractivity contribution in [2.75, 3.05) is 20.1 Å². The van der Waals surface area contributed by atoms with Crippen LogP contribution in [0.3, 0.4) is 0 Å². The van der Waals surface area contributed by atoms with Gasteiger partial charge in [0, 0.05) is 6.04 Å². The third-order valence-corrected chi connectivity index (χ3v) is 3.99. The van der Waals surface area contributed by atoms with Crippen LogP contribution in [0.25, 0.3) is 10.9 Å². The second-order valence-corrected chi connectivity index (χ2v) is 5.43. The Kier molecular flexibility index (Phi) is 3.80. The van der Waals surface area contributed by atoms with E-state index in [0.717, 1.165) is 37.3 Å². The number of nitrogens with one attached hydrogen (secondary N) is 2. The Morgan fingerprint density at radius 3 is 2.85 bits per heavy atom. The predicted molar refractivity (Wildman–Crippen MR) is 79.7 cm³/mol. The molecule has 5 heteroatoms. The predicted octanol–water partition coefficient (Wildman–Crippen LogP) is 1.11. The maximum Gasteiger partial charge on any atom is 0.258 e. The number of aromatic nitrogens is 2. The largest absolute Gasteiger partial charge is 0.317 e. The van der Waals surface area contributed by atoms with Crippen molar-refractivity contribution in [3.8, 4) is 0 Å². The van der Waals surface area contributed by atoms with E-state index in [1.54, 1.807) is 0 Å². The molecule has 1 fully saturated rings. The molecule has 2 N–H and O–H groups in total. The maximum absolute atomic E-state index is 12.0. The van der Waals surface area contributed by atoms with E-state index in [0.29, 0.717) is 18.0 Å². The molecule has 1 aliphatic heterocycles. The van der Waals surface area contributed by atoms with Gasteiger partial charge in [-0.1, -0.05) is 12.1 Å². The minimum Gasteiger partial charge on any atom is -0.317 e. The summed E-state index contributed by atoms with van der Waals surface area (Å²) in [6.07, 6.45) is 2.29. The Morgan fingerprint density at radius 2 is 2.05 bits per heavy atom. The molecule has 20 heavy (non-hydrogen) atoms. The molecule has 2 heterocycles. The van der Waals surface area contributed by atoms with Gasteiger partial charge in [-0.2, -0.15) is 0 Å². The van der Waals surface area contributed by atoms with Crippen LogP contribution in [0.2, 0.25) is 0 Å². The summed E-state index contributed by atoms with van der Waals surface area (Å²) in [6, 6.07) is 8.03. The average molecular weight is 272 g/mol. The molecule has 106 valence electrons. The van der Waals surface area contributed by atoms with Crippen LogP contribution in [0.4, 0.5) is 0 Å². The van der Waals surface area contributed by atoms with Gasteiger partial charge in [0.2, 0.25) is 0 Å². The zero-order chi connectivity index (χ0) is 13.9. The quantitative estimate of drug-likeness (QED) is 0.878. The van der Waals surface area contributed by atoms with E-state index in [-0.39, 0.29) is 5.56 Å². The summed E-state index contributed by atoms with van der Waals surface area (Å²) in [4.78, 5) is 21.8. The minimum absolute atomic E-state index is 0.0516. The van der Waals surface area contributed by atoms with Gasteiger partial charge in [0.25, 0.3) is 5.56 Å². The summed E-state index contributed by atoms with van der Waals surface area (Å²) in [5.41, 5.74) is 0.717. The fourth-order valence-corrected chi connectivity index (χ4v) is 2.82. The Labute approximate surface area is 118 Å². The van der Waals surface area contributed by atoms with Crippen LogP contribution in [0, 0.1) is 0 Å². The van der Waals surface area contributed by atoms with Crippen molar-refractivity contribution in [3.63, 3.8) is 0 Å². The van der Waals surface area contributed by atoms with E-state index in [1.807, 2.05) is 24.3 Å². The van der Waals surface area contributed by atoms with E-state index in [1.165, 1.54) is 0 Å². The van der Waals surface area contributed by atoms with Gasteiger partial charge in [-0.25, -0.2) is 4.98 Å². The number of para-hydroxylation sites is 1. The Hall–Kier alpha value is -1.72. The van der Waals surface area contributed by atoms with Crippen LogP contribution in [-0.2, 0) is 6.54 Å². The molecule has 1 aliphatic rings. The Bertz CT molecular complexity index is 646. The highest BCUT2D eigenvalue weighted by Crippen LogP contribution is 2.12. The van der Waals surface area contributed by atoms with Gasteiger partial charge in [0.1, 0.15) is 5.82 Å². The summed E-state index contributed by atoms with van der Waals surface area (Å²) >= 11 is 0.